The minimum Gasteiger partial charge on any atom is -0.493 e. The lowest BCUT2D eigenvalue weighted by Gasteiger charge is -2.25. The summed E-state index contributed by atoms with van der Waals surface area (Å²) in [4.78, 5) is 15.0. The van der Waals surface area contributed by atoms with Crippen LogP contribution in [0.3, 0.4) is 0 Å². The highest BCUT2D eigenvalue weighted by atomic mass is 127. The van der Waals surface area contributed by atoms with Gasteiger partial charge in [-0.05, 0) is 63.0 Å². The summed E-state index contributed by atoms with van der Waals surface area (Å²) in [6.45, 7) is 0.670. The normalized spacial score (nSPS) is 10.7. The van der Waals surface area contributed by atoms with E-state index in [1.807, 2.05) is 66.7 Å². The quantitative estimate of drug-likeness (QED) is 0.0449. The van der Waals surface area contributed by atoms with Gasteiger partial charge in [0.15, 0.2) is 34.5 Å². The molecule has 0 aliphatic heterocycles. The van der Waals surface area contributed by atoms with Gasteiger partial charge >= 0.3 is 5.97 Å². The predicted octanol–water partition coefficient (Wildman–Crippen LogP) is 8.68. The van der Waals surface area contributed by atoms with Crippen molar-refractivity contribution in [3.05, 3.63) is 110 Å². The lowest BCUT2D eigenvalue weighted by molar-refractivity contribution is 0.0724. The summed E-state index contributed by atoms with van der Waals surface area (Å²) in [6.07, 6.45) is 0. The van der Waals surface area contributed by atoms with Gasteiger partial charge in [0, 0.05) is 25.3 Å². The lowest BCUT2D eigenvalue weighted by atomic mass is 9.91. The minimum absolute atomic E-state index is 0.0380. The van der Waals surface area contributed by atoms with E-state index in [-0.39, 0.29) is 77.8 Å². The monoisotopic (exact) mass is 880 g/mol. The van der Waals surface area contributed by atoms with Crippen LogP contribution in [-0.2, 0) is 35.9 Å². The average Bonchev–Trinajstić information content (AvgIpc) is 3.23. The van der Waals surface area contributed by atoms with Gasteiger partial charge in [-0.1, -0.05) is 60.7 Å². The summed E-state index contributed by atoms with van der Waals surface area (Å²) < 4.78 is 66.1. The van der Waals surface area contributed by atoms with E-state index in [0.717, 1.165) is 11.1 Å². The van der Waals surface area contributed by atoms with Crippen LogP contribution in [0.15, 0.2) is 78.9 Å². The zero-order valence-electron chi connectivity index (χ0n) is 32.6. The topological polar surface area (TPSA) is 119 Å². The van der Waals surface area contributed by atoms with E-state index in [2.05, 4.69) is 22.6 Å². The van der Waals surface area contributed by atoms with Crippen LogP contribution in [0.2, 0.25) is 0 Å². The Labute approximate surface area is 340 Å². The summed E-state index contributed by atoms with van der Waals surface area (Å²) in [5.41, 5.74) is 3.83. The molecule has 0 saturated carbocycles. The summed E-state index contributed by atoms with van der Waals surface area (Å²) in [7, 11) is 12.0. The molecule has 0 aromatic heterocycles. The maximum absolute atomic E-state index is 15.0. The van der Waals surface area contributed by atoms with Gasteiger partial charge in [0.2, 0.25) is 17.2 Å². The van der Waals surface area contributed by atoms with Gasteiger partial charge in [0.05, 0.1) is 65.0 Å². The molecule has 13 heteroatoms. The maximum atomic E-state index is 15.0. The Morgan fingerprint density at radius 1 is 0.482 bits per heavy atom. The van der Waals surface area contributed by atoms with Crippen molar-refractivity contribution in [3.8, 4) is 62.9 Å². The van der Waals surface area contributed by atoms with E-state index in [0.29, 0.717) is 31.8 Å². The third-order valence-corrected chi connectivity index (χ3v) is 9.87. The molecule has 5 rings (SSSR count). The molecule has 0 saturated heterocycles. The number of methoxy groups -OCH3 is 8. The Balaban J connectivity index is 1.77. The molecule has 0 aliphatic rings. The molecule has 0 aliphatic carbocycles. The molecule has 0 radical (unpaired) electrons. The Kier molecular flexibility index (Phi) is 14.9. The van der Waals surface area contributed by atoms with Crippen molar-refractivity contribution in [3.63, 3.8) is 0 Å². The smallest absolute Gasteiger partial charge is 0.344 e. The van der Waals surface area contributed by atoms with Gasteiger partial charge in [0.25, 0.3) is 0 Å². The van der Waals surface area contributed by atoms with Gasteiger partial charge in [0.1, 0.15) is 13.2 Å². The Bertz CT molecular complexity index is 2110. The molecular formula is C43H45IO12. The van der Waals surface area contributed by atoms with Crippen LogP contribution in [-0.4, -0.2) is 62.8 Å². The van der Waals surface area contributed by atoms with Crippen LogP contribution in [0, 0.1) is 3.57 Å². The molecule has 0 spiro atoms. The molecule has 0 bridgehead atoms. The van der Waals surface area contributed by atoms with Crippen LogP contribution in [0.25, 0.3) is 11.1 Å². The molecule has 0 amide bonds. The fraction of sp³-hybridized carbons (Fsp3) is 0.279. The van der Waals surface area contributed by atoms with Crippen molar-refractivity contribution in [2.75, 3.05) is 56.9 Å². The molecule has 5 aromatic rings. The number of rotatable bonds is 19. The second-order valence-corrected chi connectivity index (χ2v) is 13.1. The first-order valence-electron chi connectivity index (χ1n) is 17.3. The average molecular weight is 881 g/mol. The molecule has 0 atom stereocenters. The molecule has 5 aromatic carbocycles. The van der Waals surface area contributed by atoms with Crippen molar-refractivity contribution in [2.24, 2.45) is 0 Å². The van der Waals surface area contributed by atoms with E-state index < -0.39 is 5.97 Å². The van der Waals surface area contributed by atoms with Gasteiger partial charge in [-0.25, -0.2) is 4.79 Å². The van der Waals surface area contributed by atoms with Crippen molar-refractivity contribution < 1.29 is 56.9 Å². The molecule has 12 nitrogen and oxygen atoms in total. The lowest BCUT2D eigenvalue weighted by Crippen LogP contribution is -2.16. The first kappa shape index (κ1) is 41.8. The standard InChI is InChI=1S/C43H45IO12/c1-46-24-28-19-31(48-3)37(50-5)40(52-7)34(28)35-30(21-32(49-4)38(51-6)41(35)53-8)43(45)56-42-36(44)29(25-47-2)20-33(54-22-26-15-11-9-12-16-26)39(42)55-23-27-17-13-10-14-18-27/h9-21H,22-25H2,1-8H3. The second-order valence-electron chi connectivity index (χ2n) is 12.1. The highest BCUT2D eigenvalue weighted by Gasteiger charge is 2.34. The van der Waals surface area contributed by atoms with Crippen LogP contribution in [0.4, 0.5) is 0 Å². The number of hydrogen-bond donors (Lipinski definition) is 0. The molecule has 296 valence electrons. The van der Waals surface area contributed by atoms with Crippen molar-refractivity contribution in [1.29, 1.82) is 0 Å². The number of hydrogen-bond acceptors (Lipinski definition) is 12. The predicted molar refractivity (Wildman–Crippen MR) is 218 cm³/mol. The van der Waals surface area contributed by atoms with Crippen molar-refractivity contribution >= 4 is 28.6 Å². The summed E-state index contributed by atoms with van der Waals surface area (Å²) in [5.74, 6) is 1.43. The third-order valence-electron chi connectivity index (χ3n) is 8.69. The van der Waals surface area contributed by atoms with E-state index in [9.17, 15) is 4.79 Å². The summed E-state index contributed by atoms with van der Waals surface area (Å²) in [5, 5.41) is 0. The summed E-state index contributed by atoms with van der Waals surface area (Å²) in [6, 6.07) is 24.5. The number of carbonyl (C=O) groups is 1. The van der Waals surface area contributed by atoms with Gasteiger partial charge in [-0.2, -0.15) is 0 Å². The van der Waals surface area contributed by atoms with E-state index >= 15 is 0 Å². The summed E-state index contributed by atoms with van der Waals surface area (Å²) >= 11 is 2.13. The van der Waals surface area contributed by atoms with Crippen LogP contribution in [0.5, 0.6) is 51.7 Å². The maximum Gasteiger partial charge on any atom is 0.344 e. The molecule has 0 unspecified atom stereocenters. The second kappa shape index (κ2) is 20.0. The number of ether oxygens (including phenoxy) is 11. The van der Waals surface area contributed by atoms with Gasteiger partial charge < -0.3 is 52.1 Å². The SMILES string of the molecule is COCc1cc(OCc2ccccc2)c(OCc2ccccc2)c(OC(=O)c2cc(OC)c(OC)c(OC)c2-c2c(COC)cc(OC)c(OC)c2OC)c1I. The van der Waals surface area contributed by atoms with Crippen LogP contribution >= 0.6 is 22.6 Å². The Hall–Kier alpha value is -5.38. The van der Waals surface area contributed by atoms with Crippen LogP contribution < -0.4 is 42.6 Å². The number of esters is 1. The number of carbonyl (C=O) groups excluding carboxylic acids is 1. The largest absolute Gasteiger partial charge is 0.493 e. The van der Waals surface area contributed by atoms with E-state index in [4.69, 9.17) is 52.1 Å². The fourth-order valence-corrected chi connectivity index (χ4v) is 6.84. The number of benzene rings is 5. The first-order chi connectivity index (χ1) is 27.3. The number of halogens is 1. The Morgan fingerprint density at radius 3 is 1.48 bits per heavy atom. The van der Waals surface area contributed by atoms with Gasteiger partial charge in [-0.15, -0.1) is 0 Å². The molecule has 0 heterocycles. The van der Waals surface area contributed by atoms with E-state index in [1.54, 1.807) is 20.3 Å². The van der Waals surface area contributed by atoms with Crippen molar-refractivity contribution in [1.82, 2.24) is 0 Å². The molecular weight excluding hydrogens is 835 g/mol. The van der Waals surface area contributed by atoms with Gasteiger partial charge in [-0.3, -0.25) is 0 Å². The molecule has 0 fully saturated rings. The van der Waals surface area contributed by atoms with E-state index in [1.165, 1.54) is 48.7 Å². The molecule has 0 N–H and O–H groups in total. The fourth-order valence-electron chi connectivity index (χ4n) is 6.17. The Morgan fingerprint density at radius 2 is 0.964 bits per heavy atom. The third kappa shape index (κ3) is 9.01. The first-order valence-corrected chi connectivity index (χ1v) is 18.4. The highest BCUT2D eigenvalue weighted by molar-refractivity contribution is 14.1. The zero-order valence-corrected chi connectivity index (χ0v) is 34.8. The minimum atomic E-state index is -0.787. The highest BCUT2D eigenvalue weighted by Crippen LogP contribution is 2.55. The van der Waals surface area contributed by atoms with Crippen LogP contribution in [0.1, 0.15) is 32.6 Å². The molecule has 56 heavy (non-hydrogen) atoms. The van der Waals surface area contributed by atoms with Crippen molar-refractivity contribution in [2.45, 2.75) is 26.4 Å². The zero-order chi connectivity index (χ0) is 40.2.